The van der Waals surface area contributed by atoms with E-state index in [0.29, 0.717) is 22.0 Å². The monoisotopic (exact) mass is 458 g/mol. The molecule has 1 aromatic heterocycles. The fourth-order valence-corrected chi connectivity index (χ4v) is 3.93. The van der Waals surface area contributed by atoms with Crippen molar-refractivity contribution < 1.29 is 18.0 Å². The van der Waals surface area contributed by atoms with Crippen LogP contribution in [0.15, 0.2) is 78.0 Å². The van der Waals surface area contributed by atoms with Crippen LogP contribution < -0.4 is 15.4 Å². The Morgan fingerprint density at radius 3 is 2.19 bits per heavy atom. The lowest BCUT2D eigenvalue weighted by atomic mass is 10.2. The third kappa shape index (κ3) is 6.11. The van der Waals surface area contributed by atoms with Crippen molar-refractivity contribution in [2.75, 3.05) is 10.6 Å². The molecule has 3 rings (SSSR count). The van der Waals surface area contributed by atoms with Gasteiger partial charge in [-0.3, -0.25) is 14.6 Å². The van der Waals surface area contributed by atoms with Gasteiger partial charge in [0, 0.05) is 34.4 Å². The summed E-state index contributed by atoms with van der Waals surface area (Å²) in [6.07, 6.45) is 3.02. The Morgan fingerprint density at radius 1 is 0.935 bits per heavy atom. The van der Waals surface area contributed by atoms with E-state index in [1.54, 1.807) is 36.4 Å². The van der Waals surface area contributed by atoms with Crippen LogP contribution in [0.5, 0.6) is 0 Å². The maximum absolute atomic E-state index is 12.5. The maximum Gasteiger partial charge on any atom is 0.255 e. The summed E-state index contributed by atoms with van der Waals surface area (Å²) in [6, 6.07) is 14.2. The molecule has 0 saturated carbocycles. The van der Waals surface area contributed by atoms with Crippen LogP contribution in [0, 0.1) is 0 Å². The van der Waals surface area contributed by atoms with E-state index in [1.165, 1.54) is 43.6 Å². The highest BCUT2D eigenvalue weighted by atomic mass is 35.5. The molecule has 0 unspecified atom stereocenters. The van der Waals surface area contributed by atoms with Gasteiger partial charge < -0.3 is 10.6 Å². The molecule has 0 fully saturated rings. The highest BCUT2D eigenvalue weighted by molar-refractivity contribution is 7.89. The molecule has 1 atom stereocenters. The van der Waals surface area contributed by atoms with Crippen molar-refractivity contribution in [3.63, 3.8) is 0 Å². The van der Waals surface area contributed by atoms with Crippen LogP contribution in [0.2, 0.25) is 5.02 Å². The van der Waals surface area contributed by atoms with Gasteiger partial charge in [-0.05, 0) is 61.5 Å². The molecular weight excluding hydrogens is 440 g/mol. The fraction of sp³-hybridized carbons (Fsp3) is 0.0952. The molecule has 31 heavy (non-hydrogen) atoms. The molecule has 0 radical (unpaired) electrons. The Bertz CT molecular complexity index is 1190. The van der Waals surface area contributed by atoms with Crippen LogP contribution in [0.4, 0.5) is 11.4 Å². The van der Waals surface area contributed by atoms with Crippen molar-refractivity contribution in [3.05, 3.63) is 83.6 Å². The first-order chi connectivity index (χ1) is 14.7. The van der Waals surface area contributed by atoms with Crippen LogP contribution in [0.25, 0.3) is 0 Å². The van der Waals surface area contributed by atoms with E-state index in [-0.39, 0.29) is 10.8 Å². The lowest BCUT2D eigenvalue weighted by Gasteiger charge is -2.15. The zero-order valence-corrected chi connectivity index (χ0v) is 17.9. The Kier molecular flexibility index (Phi) is 7.01. The number of pyridine rings is 1. The van der Waals surface area contributed by atoms with Crippen LogP contribution in [-0.4, -0.2) is 31.3 Å². The SMILES string of the molecule is C[C@H](NS(=O)(=O)c1ccc(Cl)cc1)C(=O)Nc1cccc(NC(=O)c2ccncc2)c1. The van der Waals surface area contributed by atoms with Gasteiger partial charge in [0.25, 0.3) is 5.91 Å². The van der Waals surface area contributed by atoms with Gasteiger partial charge in [0.15, 0.2) is 0 Å². The number of sulfonamides is 1. The number of carbonyl (C=O) groups is 2. The molecule has 0 aliphatic carbocycles. The van der Waals surface area contributed by atoms with Gasteiger partial charge in [-0.25, -0.2) is 8.42 Å². The number of hydrogen-bond acceptors (Lipinski definition) is 5. The number of nitrogens with one attached hydrogen (secondary N) is 3. The molecule has 0 saturated heterocycles. The first-order valence-corrected chi connectivity index (χ1v) is 11.0. The molecule has 3 aromatic rings. The molecule has 2 amide bonds. The largest absolute Gasteiger partial charge is 0.325 e. The molecule has 3 N–H and O–H groups in total. The lowest BCUT2D eigenvalue weighted by molar-refractivity contribution is -0.117. The summed E-state index contributed by atoms with van der Waals surface area (Å²) in [4.78, 5) is 28.6. The van der Waals surface area contributed by atoms with Crippen molar-refractivity contribution in [1.82, 2.24) is 9.71 Å². The minimum absolute atomic E-state index is 0.00243. The van der Waals surface area contributed by atoms with Gasteiger partial charge in [0.05, 0.1) is 10.9 Å². The Balaban J connectivity index is 1.64. The number of hydrogen-bond donors (Lipinski definition) is 3. The van der Waals surface area contributed by atoms with Crippen molar-refractivity contribution in [1.29, 1.82) is 0 Å². The second kappa shape index (κ2) is 9.69. The molecule has 0 aliphatic heterocycles. The average Bonchev–Trinajstić information content (AvgIpc) is 2.74. The smallest absolute Gasteiger partial charge is 0.255 e. The number of benzene rings is 2. The van der Waals surface area contributed by atoms with E-state index in [1.807, 2.05) is 0 Å². The second-order valence-electron chi connectivity index (χ2n) is 6.56. The van der Waals surface area contributed by atoms with E-state index in [4.69, 9.17) is 11.6 Å². The summed E-state index contributed by atoms with van der Waals surface area (Å²) in [7, 11) is -3.90. The predicted molar refractivity (Wildman–Crippen MR) is 118 cm³/mol. The Hall–Kier alpha value is -3.27. The number of aromatic nitrogens is 1. The van der Waals surface area contributed by atoms with Crippen LogP contribution in [-0.2, 0) is 14.8 Å². The first-order valence-electron chi connectivity index (χ1n) is 9.15. The van der Waals surface area contributed by atoms with Gasteiger partial charge in [-0.1, -0.05) is 17.7 Å². The normalized spacial score (nSPS) is 12.1. The van der Waals surface area contributed by atoms with E-state index in [0.717, 1.165) is 0 Å². The molecule has 0 aliphatic rings. The molecule has 10 heteroatoms. The molecule has 1 heterocycles. The number of carbonyl (C=O) groups excluding carboxylic acids is 2. The van der Waals surface area contributed by atoms with Gasteiger partial charge in [-0.15, -0.1) is 0 Å². The summed E-state index contributed by atoms with van der Waals surface area (Å²) in [5, 5.41) is 5.76. The van der Waals surface area contributed by atoms with E-state index in [9.17, 15) is 18.0 Å². The number of amides is 2. The van der Waals surface area contributed by atoms with Crippen LogP contribution in [0.1, 0.15) is 17.3 Å². The lowest BCUT2D eigenvalue weighted by Crippen LogP contribution is -2.41. The molecule has 2 aromatic carbocycles. The second-order valence-corrected chi connectivity index (χ2v) is 8.71. The third-order valence-electron chi connectivity index (χ3n) is 4.18. The van der Waals surface area contributed by atoms with Crippen molar-refractivity contribution in [2.45, 2.75) is 17.9 Å². The number of rotatable bonds is 7. The van der Waals surface area contributed by atoms with Crippen molar-refractivity contribution in [3.8, 4) is 0 Å². The van der Waals surface area contributed by atoms with Crippen LogP contribution in [0.3, 0.4) is 0 Å². The molecular formula is C21H19ClN4O4S. The van der Waals surface area contributed by atoms with Crippen LogP contribution >= 0.6 is 11.6 Å². The summed E-state index contributed by atoms with van der Waals surface area (Å²) in [5.74, 6) is -0.884. The van der Waals surface area contributed by atoms with Gasteiger partial charge >= 0.3 is 0 Å². The molecule has 0 bridgehead atoms. The topological polar surface area (TPSA) is 117 Å². The average molecular weight is 459 g/mol. The van der Waals surface area contributed by atoms with E-state index in [2.05, 4.69) is 20.3 Å². The number of halogens is 1. The fourth-order valence-electron chi connectivity index (χ4n) is 2.60. The predicted octanol–water partition coefficient (Wildman–Crippen LogP) is 3.29. The van der Waals surface area contributed by atoms with Gasteiger partial charge in [-0.2, -0.15) is 4.72 Å². The Morgan fingerprint density at radius 2 is 1.55 bits per heavy atom. The third-order valence-corrected chi connectivity index (χ3v) is 5.99. The molecule has 8 nitrogen and oxygen atoms in total. The molecule has 0 spiro atoms. The highest BCUT2D eigenvalue weighted by Crippen LogP contribution is 2.17. The Labute approximate surface area is 184 Å². The van der Waals surface area contributed by atoms with Gasteiger partial charge in [0.1, 0.15) is 0 Å². The van der Waals surface area contributed by atoms with E-state index < -0.39 is 22.0 Å². The summed E-state index contributed by atoms with van der Waals surface area (Å²) >= 11 is 5.78. The number of nitrogens with zero attached hydrogens (tertiary/aromatic N) is 1. The first kappa shape index (κ1) is 22.4. The summed E-state index contributed by atoms with van der Waals surface area (Å²) < 4.78 is 27.2. The summed E-state index contributed by atoms with van der Waals surface area (Å²) in [5.41, 5.74) is 1.30. The highest BCUT2D eigenvalue weighted by Gasteiger charge is 2.22. The minimum Gasteiger partial charge on any atom is -0.325 e. The molecule has 160 valence electrons. The standard InChI is InChI=1S/C21H19ClN4O4S/c1-14(26-31(29,30)19-7-5-16(22)6-8-19)20(27)24-17-3-2-4-18(13-17)25-21(28)15-9-11-23-12-10-15/h2-14,26H,1H3,(H,24,27)(H,25,28)/t14-/m0/s1. The number of anilines is 2. The van der Waals surface area contributed by atoms with Gasteiger partial charge in [0.2, 0.25) is 15.9 Å². The quantitative estimate of drug-likeness (QED) is 0.502. The van der Waals surface area contributed by atoms with E-state index >= 15 is 0 Å². The maximum atomic E-state index is 12.5. The zero-order valence-electron chi connectivity index (χ0n) is 16.4. The van der Waals surface area contributed by atoms with Crippen molar-refractivity contribution >= 4 is 44.8 Å². The van der Waals surface area contributed by atoms with Crippen molar-refractivity contribution in [2.24, 2.45) is 0 Å². The zero-order chi connectivity index (χ0) is 22.4. The summed E-state index contributed by atoms with van der Waals surface area (Å²) in [6.45, 7) is 1.43. The minimum atomic E-state index is -3.90.